The summed E-state index contributed by atoms with van der Waals surface area (Å²) in [5.74, 6) is 0.377. The minimum atomic E-state index is 0.377. The van der Waals surface area contributed by atoms with E-state index in [-0.39, 0.29) is 0 Å². The maximum absolute atomic E-state index is 9.84. The molecule has 21 heavy (non-hydrogen) atoms. The van der Waals surface area contributed by atoms with E-state index in [1.165, 1.54) is 31.5 Å². The van der Waals surface area contributed by atoms with Gasteiger partial charge in [-0.1, -0.05) is 12.1 Å². The van der Waals surface area contributed by atoms with E-state index >= 15 is 0 Å². The van der Waals surface area contributed by atoms with Gasteiger partial charge in [-0.05, 0) is 50.6 Å². The second-order valence-corrected chi connectivity index (χ2v) is 6.41. The van der Waals surface area contributed by atoms with E-state index in [0.29, 0.717) is 17.8 Å². The topological polar surface area (TPSA) is 38.7 Å². The third-order valence-corrected chi connectivity index (χ3v) is 4.84. The van der Waals surface area contributed by atoms with E-state index in [4.69, 9.17) is 0 Å². The highest BCUT2D eigenvalue weighted by atomic mass is 16.3. The summed E-state index contributed by atoms with van der Waals surface area (Å²) in [7, 11) is 0. The molecule has 0 radical (unpaired) electrons. The van der Waals surface area contributed by atoms with Gasteiger partial charge >= 0.3 is 0 Å². The Morgan fingerprint density at radius 1 is 1.29 bits per heavy atom. The molecule has 1 aromatic rings. The summed E-state index contributed by atoms with van der Waals surface area (Å²) >= 11 is 0. The Kier molecular flexibility index (Phi) is 4.78. The maximum atomic E-state index is 9.84. The molecule has 2 aliphatic heterocycles. The fraction of sp³-hybridized carbons (Fsp3) is 0.647. The molecule has 116 valence electrons. The van der Waals surface area contributed by atoms with E-state index in [1.54, 1.807) is 6.07 Å². The summed E-state index contributed by atoms with van der Waals surface area (Å²) in [6.45, 7) is 9.00. The normalized spacial score (nSPS) is 26.0. The highest BCUT2D eigenvalue weighted by Crippen LogP contribution is 2.28. The first kappa shape index (κ1) is 14.8. The van der Waals surface area contributed by atoms with Gasteiger partial charge in [0.1, 0.15) is 5.75 Å². The minimum absolute atomic E-state index is 0.377. The van der Waals surface area contributed by atoms with Gasteiger partial charge in [-0.3, -0.25) is 4.90 Å². The number of hydrogen-bond acceptors (Lipinski definition) is 4. The second kappa shape index (κ2) is 6.77. The molecule has 2 heterocycles. The smallest absolute Gasteiger partial charge is 0.115 e. The summed E-state index contributed by atoms with van der Waals surface area (Å²) < 4.78 is 0. The van der Waals surface area contributed by atoms with Gasteiger partial charge in [0, 0.05) is 38.3 Å². The molecule has 0 amide bonds. The number of phenolic OH excluding ortho intramolecular Hbond substituents is 1. The van der Waals surface area contributed by atoms with Crippen molar-refractivity contribution in [3.8, 4) is 5.75 Å². The fourth-order valence-corrected chi connectivity index (χ4v) is 3.66. The molecule has 2 saturated heterocycles. The van der Waals surface area contributed by atoms with Crippen LogP contribution in [0.5, 0.6) is 5.75 Å². The van der Waals surface area contributed by atoms with Crippen molar-refractivity contribution >= 4 is 0 Å². The van der Waals surface area contributed by atoms with Gasteiger partial charge in [0.2, 0.25) is 0 Å². The molecule has 0 spiro atoms. The SMILES string of the molecule is CC1CNCCN1C(CN1CCCC1)c1cccc(O)c1. The van der Waals surface area contributed by atoms with Crippen molar-refractivity contribution in [3.63, 3.8) is 0 Å². The summed E-state index contributed by atoms with van der Waals surface area (Å²) in [4.78, 5) is 5.17. The third-order valence-electron chi connectivity index (χ3n) is 4.84. The Morgan fingerprint density at radius 3 is 2.81 bits per heavy atom. The van der Waals surface area contributed by atoms with Gasteiger partial charge in [-0.2, -0.15) is 0 Å². The van der Waals surface area contributed by atoms with Gasteiger partial charge in [0.25, 0.3) is 0 Å². The van der Waals surface area contributed by atoms with Crippen molar-refractivity contribution in [1.82, 2.24) is 15.1 Å². The molecule has 1 aromatic carbocycles. The van der Waals surface area contributed by atoms with Crippen LogP contribution in [0.25, 0.3) is 0 Å². The molecule has 3 rings (SSSR count). The first-order chi connectivity index (χ1) is 10.2. The van der Waals surface area contributed by atoms with Crippen LogP contribution in [0, 0.1) is 0 Å². The molecule has 2 aliphatic rings. The quantitative estimate of drug-likeness (QED) is 0.887. The van der Waals surface area contributed by atoms with Gasteiger partial charge in [0.05, 0.1) is 0 Å². The second-order valence-electron chi connectivity index (χ2n) is 6.41. The van der Waals surface area contributed by atoms with Gasteiger partial charge < -0.3 is 15.3 Å². The predicted molar refractivity (Wildman–Crippen MR) is 85.6 cm³/mol. The summed E-state index contributed by atoms with van der Waals surface area (Å²) in [6.07, 6.45) is 2.65. The molecule has 4 nitrogen and oxygen atoms in total. The first-order valence-corrected chi connectivity index (χ1v) is 8.22. The van der Waals surface area contributed by atoms with Crippen LogP contribution in [0.4, 0.5) is 0 Å². The molecule has 0 aliphatic carbocycles. The van der Waals surface area contributed by atoms with Crippen molar-refractivity contribution in [2.45, 2.75) is 31.8 Å². The van der Waals surface area contributed by atoms with Crippen LogP contribution in [0.15, 0.2) is 24.3 Å². The van der Waals surface area contributed by atoms with Gasteiger partial charge in [0.15, 0.2) is 0 Å². The molecule has 2 atom stereocenters. The van der Waals surface area contributed by atoms with Crippen LogP contribution in [-0.2, 0) is 0 Å². The van der Waals surface area contributed by atoms with E-state index < -0.39 is 0 Å². The number of nitrogens with one attached hydrogen (secondary N) is 1. The van der Waals surface area contributed by atoms with Gasteiger partial charge in [-0.25, -0.2) is 0 Å². The van der Waals surface area contributed by atoms with Crippen LogP contribution < -0.4 is 5.32 Å². The highest BCUT2D eigenvalue weighted by molar-refractivity contribution is 5.30. The van der Waals surface area contributed by atoms with Crippen LogP contribution in [-0.4, -0.2) is 60.2 Å². The molecule has 0 bridgehead atoms. The lowest BCUT2D eigenvalue weighted by atomic mass is 10.0. The Morgan fingerprint density at radius 2 is 2.10 bits per heavy atom. The van der Waals surface area contributed by atoms with Crippen molar-refractivity contribution in [3.05, 3.63) is 29.8 Å². The average Bonchev–Trinajstić information content (AvgIpc) is 2.99. The lowest BCUT2D eigenvalue weighted by molar-refractivity contribution is 0.0906. The molecule has 2 fully saturated rings. The zero-order valence-electron chi connectivity index (χ0n) is 13.0. The third kappa shape index (κ3) is 3.57. The Hall–Kier alpha value is -1.10. The van der Waals surface area contributed by atoms with E-state index in [2.05, 4.69) is 28.1 Å². The monoisotopic (exact) mass is 289 g/mol. The van der Waals surface area contributed by atoms with Crippen LogP contribution in [0.2, 0.25) is 0 Å². The number of nitrogens with zero attached hydrogens (tertiary/aromatic N) is 2. The van der Waals surface area contributed by atoms with E-state index in [1.807, 2.05) is 12.1 Å². The number of phenols is 1. The summed E-state index contributed by atoms with van der Waals surface area (Å²) in [5, 5.41) is 13.3. The van der Waals surface area contributed by atoms with E-state index in [0.717, 1.165) is 26.2 Å². The van der Waals surface area contributed by atoms with Crippen LogP contribution >= 0.6 is 0 Å². The van der Waals surface area contributed by atoms with E-state index in [9.17, 15) is 5.11 Å². The molecule has 4 heteroatoms. The molecule has 2 N–H and O–H groups in total. The Bertz CT molecular complexity index is 459. The lowest BCUT2D eigenvalue weighted by Crippen LogP contribution is -2.52. The Balaban J connectivity index is 1.82. The van der Waals surface area contributed by atoms with Crippen LogP contribution in [0.1, 0.15) is 31.4 Å². The predicted octanol–water partition coefficient (Wildman–Crippen LogP) is 1.82. The fourth-order valence-electron chi connectivity index (χ4n) is 3.66. The maximum Gasteiger partial charge on any atom is 0.115 e. The van der Waals surface area contributed by atoms with Crippen LogP contribution in [0.3, 0.4) is 0 Å². The van der Waals surface area contributed by atoms with Crippen molar-refractivity contribution in [2.75, 3.05) is 39.3 Å². The van der Waals surface area contributed by atoms with Crippen molar-refractivity contribution in [2.24, 2.45) is 0 Å². The van der Waals surface area contributed by atoms with Gasteiger partial charge in [-0.15, -0.1) is 0 Å². The number of aromatic hydroxyl groups is 1. The molecular formula is C17H27N3O. The summed E-state index contributed by atoms with van der Waals surface area (Å²) in [5.41, 5.74) is 1.25. The number of rotatable bonds is 4. The minimum Gasteiger partial charge on any atom is -0.508 e. The molecular weight excluding hydrogens is 262 g/mol. The van der Waals surface area contributed by atoms with Crippen molar-refractivity contribution in [1.29, 1.82) is 0 Å². The zero-order valence-corrected chi connectivity index (χ0v) is 13.0. The number of likely N-dealkylation sites (tertiary alicyclic amines) is 1. The molecule has 0 aromatic heterocycles. The largest absolute Gasteiger partial charge is 0.508 e. The molecule has 2 unspecified atom stereocenters. The van der Waals surface area contributed by atoms with Crippen molar-refractivity contribution < 1.29 is 5.11 Å². The highest BCUT2D eigenvalue weighted by Gasteiger charge is 2.29. The average molecular weight is 289 g/mol. The number of piperazine rings is 1. The summed E-state index contributed by atoms with van der Waals surface area (Å²) in [6, 6.07) is 8.75. The Labute approximate surface area is 127 Å². The standard InChI is InChI=1S/C17H27N3O/c1-14-12-18-7-10-20(14)17(13-19-8-2-3-9-19)15-5-4-6-16(21)11-15/h4-6,11,14,17-18,21H,2-3,7-10,12-13H2,1H3. The first-order valence-electron chi connectivity index (χ1n) is 8.22. The lowest BCUT2D eigenvalue weighted by Gasteiger charge is -2.41. The zero-order chi connectivity index (χ0) is 14.7. The molecule has 0 saturated carbocycles. The number of benzene rings is 1. The number of hydrogen-bond donors (Lipinski definition) is 2.